The summed E-state index contributed by atoms with van der Waals surface area (Å²) in [5.74, 6) is -0.649. The normalized spacial score (nSPS) is 17.1. The van der Waals surface area contributed by atoms with Crippen molar-refractivity contribution in [3.05, 3.63) is 102 Å². The first-order chi connectivity index (χ1) is 17.4. The third kappa shape index (κ3) is 3.96. The van der Waals surface area contributed by atoms with Crippen molar-refractivity contribution in [3.8, 4) is 22.7 Å². The van der Waals surface area contributed by atoms with Crippen LogP contribution in [0.4, 0.5) is 4.79 Å². The molecule has 9 heteroatoms. The minimum atomic E-state index is -1.36. The van der Waals surface area contributed by atoms with E-state index in [9.17, 15) is 14.4 Å². The first kappa shape index (κ1) is 22.9. The van der Waals surface area contributed by atoms with Crippen LogP contribution >= 0.6 is 0 Å². The average Bonchev–Trinajstić information content (AvgIpc) is 3.46. The standard InChI is InChI=1S/C27H23N5O4/c1-27(19-13-15-21(36-2)16-14-19)25(34)32(26(35)28-27)30-24(33)23-17-22(18-9-5-3-6-10-18)29-31(23)20-11-7-4-8-12-20/h3-17H,1-2H3,(H,28,35)(H,30,33)/t27-/m0/s1. The summed E-state index contributed by atoms with van der Waals surface area (Å²) in [7, 11) is 1.54. The maximum absolute atomic E-state index is 13.4. The molecule has 0 saturated carbocycles. The predicted molar refractivity (Wildman–Crippen MR) is 132 cm³/mol. The monoisotopic (exact) mass is 481 g/mol. The molecule has 4 aromatic rings. The smallest absolute Gasteiger partial charge is 0.344 e. The van der Waals surface area contributed by atoms with Crippen molar-refractivity contribution in [2.45, 2.75) is 12.5 Å². The van der Waals surface area contributed by atoms with E-state index in [1.165, 1.54) is 4.68 Å². The third-order valence-corrected chi connectivity index (χ3v) is 6.08. The van der Waals surface area contributed by atoms with Crippen LogP contribution in [0.15, 0.2) is 91.0 Å². The Morgan fingerprint density at radius 1 is 0.944 bits per heavy atom. The minimum Gasteiger partial charge on any atom is -0.497 e. The van der Waals surface area contributed by atoms with Gasteiger partial charge in [-0.1, -0.05) is 60.7 Å². The van der Waals surface area contributed by atoms with E-state index in [0.717, 1.165) is 5.56 Å². The lowest BCUT2D eigenvalue weighted by molar-refractivity contribution is -0.132. The van der Waals surface area contributed by atoms with Gasteiger partial charge in [-0.15, -0.1) is 0 Å². The summed E-state index contributed by atoms with van der Waals surface area (Å²) in [5, 5.41) is 8.00. The second kappa shape index (κ2) is 9.03. The molecular weight excluding hydrogens is 458 g/mol. The molecule has 1 aliphatic heterocycles. The summed E-state index contributed by atoms with van der Waals surface area (Å²) in [6.07, 6.45) is 0. The zero-order chi connectivity index (χ0) is 25.3. The number of hydrazine groups is 1. The maximum Gasteiger partial charge on any atom is 0.344 e. The predicted octanol–water partition coefficient (Wildman–Crippen LogP) is 3.66. The maximum atomic E-state index is 13.4. The number of benzene rings is 3. The number of hydrogen-bond acceptors (Lipinski definition) is 5. The molecule has 0 unspecified atom stereocenters. The average molecular weight is 482 g/mol. The van der Waals surface area contributed by atoms with Gasteiger partial charge in [-0.05, 0) is 42.8 Å². The molecule has 9 nitrogen and oxygen atoms in total. The molecular formula is C27H23N5O4. The molecule has 36 heavy (non-hydrogen) atoms. The van der Waals surface area contributed by atoms with Gasteiger partial charge >= 0.3 is 6.03 Å². The number of hydrogen-bond donors (Lipinski definition) is 2. The number of urea groups is 1. The van der Waals surface area contributed by atoms with E-state index in [1.54, 1.807) is 44.4 Å². The fraction of sp³-hybridized carbons (Fsp3) is 0.111. The molecule has 1 aromatic heterocycles. The molecule has 0 radical (unpaired) electrons. The van der Waals surface area contributed by atoms with Crippen LogP contribution in [-0.2, 0) is 10.3 Å². The van der Waals surface area contributed by atoms with Gasteiger partial charge in [0.05, 0.1) is 18.5 Å². The number of nitrogens with zero attached hydrogens (tertiary/aromatic N) is 3. The van der Waals surface area contributed by atoms with E-state index < -0.39 is 23.4 Å². The number of carbonyl (C=O) groups is 3. The van der Waals surface area contributed by atoms with Gasteiger partial charge in [-0.25, -0.2) is 9.48 Å². The van der Waals surface area contributed by atoms with Gasteiger partial charge < -0.3 is 10.1 Å². The van der Waals surface area contributed by atoms with Gasteiger partial charge in [0.15, 0.2) is 0 Å². The number of ether oxygens (including phenoxy) is 1. The van der Waals surface area contributed by atoms with Crippen molar-refractivity contribution in [2.24, 2.45) is 0 Å². The van der Waals surface area contributed by atoms with Gasteiger partial charge in [0.1, 0.15) is 17.0 Å². The molecule has 0 spiro atoms. The van der Waals surface area contributed by atoms with Crippen molar-refractivity contribution in [2.75, 3.05) is 7.11 Å². The molecule has 1 fully saturated rings. The minimum absolute atomic E-state index is 0.165. The van der Waals surface area contributed by atoms with Crippen molar-refractivity contribution >= 4 is 17.8 Å². The fourth-order valence-electron chi connectivity index (χ4n) is 4.08. The number of methoxy groups -OCH3 is 1. The summed E-state index contributed by atoms with van der Waals surface area (Å²) in [6.45, 7) is 1.59. The van der Waals surface area contributed by atoms with Gasteiger partial charge in [0.25, 0.3) is 11.8 Å². The second-order valence-corrected chi connectivity index (χ2v) is 8.39. The Bertz CT molecular complexity index is 1430. The van der Waals surface area contributed by atoms with Crippen molar-refractivity contribution in [3.63, 3.8) is 0 Å². The highest BCUT2D eigenvalue weighted by Crippen LogP contribution is 2.29. The highest BCUT2D eigenvalue weighted by Gasteiger charge is 2.50. The third-order valence-electron chi connectivity index (χ3n) is 6.08. The first-order valence-electron chi connectivity index (χ1n) is 11.2. The fourth-order valence-corrected chi connectivity index (χ4v) is 4.08. The SMILES string of the molecule is COc1ccc([C@]2(C)NC(=O)N(NC(=O)c3cc(-c4ccccc4)nn3-c3ccccc3)C2=O)cc1. The van der Waals surface area contributed by atoms with Gasteiger partial charge in [0, 0.05) is 5.56 Å². The van der Waals surface area contributed by atoms with E-state index in [-0.39, 0.29) is 5.69 Å². The van der Waals surface area contributed by atoms with Crippen LogP contribution in [0.1, 0.15) is 23.0 Å². The number of rotatable bonds is 6. The number of para-hydroxylation sites is 1. The number of aromatic nitrogens is 2. The Morgan fingerprint density at radius 2 is 1.58 bits per heavy atom. The van der Waals surface area contributed by atoms with Crippen LogP contribution < -0.4 is 15.5 Å². The molecule has 0 bridgehead atoms. The molecule has 180 valence electrons. The Kier molecular flexibility index (Phi) is 5.73. The topological polar surface area (TPSA) is 106 Å². The lowest BCUT2D eigenvalue weighted by Gasteiger charge is -2.22. The van der Waals surface area contributed by atoms with E-state index in [2.05, 4.69) is 15.8 Å². The molecule has 1 saturated heterocycles. The highest BCUT2D eigenvalue weighted by atomic mass is 16.5. The zero-order valence-corrected chi connectivity index (χ0v) is 19.6. The number of carbonyl (C=O) groups excluding carboxylic acids is 3. The molecule has 2 heterocycles. The highest BCUT2D eigenvalue weighted by molar-refractivity contribution is 6.09. The zero-order valence-electron chi connectivity index (χ0n) is 19.6. The quantitative estimate of drug-likeness (QED) is 0.409. The van der Waals surface area contributed by atoms with Gasteiger partial charge in [-0.3, -0.25) is 15.0 Å². The molecule has 1 aliphatic rings. The largest absolute Gasteiger partial charge is 0.497 e. The number of nitrogens with one attached hydrogen (secondary N) is 2. The second-order valence-electron chi connectivity index (χ2n) is 8.39. The van der Waals surface area contributed by atoms with Crippen LogP contribution in [0, 0.1) is 0 Å². The Morgan fingerprint density at radius 3 is 2.22 bits per heavy atom. The summed E-state index contributed by atoms with van der Waals surface area (Å²) in [5.41, 5.74) is 3.88. The molecule has 1 atom stereocenters. The van der Waals surface area contributed by atoms with Crippen molar-refractivity contribution in [1.82, 2.24) is 25.5 Å². The van der Waals surface area contributed by atoms with E-state index in [1.807, 2.05) is 60.7 Å². The molecule has 0 aliphatic carbocycles. The number of amides is 4. The van der Waals surface area contributed by atoms with Crippen molar-refractivity contribution in [1.29, 1.82) is 0 Å². The summed E-state index contributed by atoms with van der Waals surface area (Å²) < 4.78 is 6.65. The van der Waals surface area contributed by atoms with Gasteiger partial charge in [0.2, 0.25) is 0 Å². The molecule has 5 rings (SSSR count). The number of imide groups is 1. The summed E-state index contributed by atoms with van der Waals surface area (Å²) >= 11 is 0. The Labute approximate surface area is 207 Å². The van der Waals surface area contributed by atoms with Gasteiger partial charge in [-0.2, -0.15) is 10.1 Å². The Hall–Kier alpha value is -4.92. The molecule has 2 N–H and O–H groups in total. The van der Waals surface area contributed by atoms with Crippen LogP contribution in [0.25, 0.3) is 16.9 Å². The van der Waals surface area contributed by atoms with Crippen LogP contribution in [-0.4, -0.2) is 39.7 Å². The van der Waals surface area contributed by atoms with Crippen LogP contribution in [0.3, 0.4) is 0 Å². The van der Waals surface area contributed by atoms with Crippen LogP contribution in [0.5, 0.6) is 5.75 Å². The van der Waals surface area contributed by atoms with E-state index in [0.29, 0.717) is 27.7 Å². The molecule has 3 aromatic carbocycles. The van der Waals surface area contributed by atoms with Crippen molar-refractivity contribution < 1.29 is 19.1 Å². The summed E-state index contributed by atoms with van der Waals surface area (Å²) in [6, 6.07) is 26.2. The Balaban J connectivity index is 1.46. The first-order valence-corrected chi connectivity index (χ1v) is 11.2. The lowest BCUT2D eigenvalue weighted by Crippen LogP contribution is -2.48. The molecule has 4 amide bonds. The summed E-state index contributed by atoms with van der Waals surface area (Å²) in [4.78, 5) is 39.5. The lowest BCUT2D eigenvalue weighted by atomic mass is 9.92. The van der Waals surface area contributed by atoms with E-state index in [4.69, 9.17) is 4.74 Å². The van der Waals surface area contributed by atoms with E-state index >= 15 is 0 Å². The van der Waals surface area contributed by atoms with Crippen LogP contribution in [0.2, 0.25) is 0 Å².